The first kappa shape index (κ1) is 18.2. The van der Waals surface area contributed by atoms with E-state index in [1.807, 2.05) is 24.3 Å². The van der Waals surface area contributed by atoms with Gasteiger partial charge in [0.2, 0.25) is 0 Å². The van der Waals surface area contributed by atoms with Crippen LogP contribution in [-0.2, 0) is 11.3 Å². The maximum atomic E-state index is 11.9. The van der Waals surface area contributed by atoms with Gasteiger partial charge in [-0.15, -0.1) is 0 Å². The van der Waals surface area contributed by atoms with Crippen molar-refractivity contribution in [3.8, 4) is 0 Å². The normalized spacial score (nSPS) is 20.4. The van der Waals surface area contributed by atoms with Gasteiger partial charge in [0.1, 0.15) is 6.10 Å². The number of rotatable bonds is 7. The van der Waals surface area contributed by atoms with E-state index >= 15 is 0 Å². The molecular formula is C23H28N2O2. The molecule has 0 aliphatic carbocycles. The molecule has 1 atom stereocenters. The second kappa shape index (κ2) is 8.68. The van der Waals surface area contributed by atoms with Crippen LogP contribution in [0.4, 0.5) is 0 Å². The Morgan fingerprint density at radius 2 is 1.74 bits per heavy atom. The molecule has 2 aromatic carbocycles. The first-order valence-electron chi connectivity index (χ1n) is 10.1. The van der Waals surface area contributed by atoms with Gasteiger partial charge in [0.25, 0.3) is 0 Å². The molecule has 2 aromatic rings. The van der Waals surface area contributed by atoms with Crippen LogP contribution in [0, 0.1) is 0 Å². The minimum Gasteiger partial charge on any atom is -0.454 e. The highest BCUT2D eigenvalue weighted by Crippen LogP contribution is 2.33. The monoisotopic (exact) mass is 364 g/mol. The van der Waals surface area contributed by atoms with E-state index in [1.165, 1.54) is 18.4 Å². The Balaban J connectivity index is 1.15. The van der Waals surface area contributed by atoms with Crippen molar-refractivity contribution in [3.05, 3.63) is 71.3 Å². The SMILES string of the molecule is O=C1OC(CCCNC2CCN(Cc3ccccc3)CC2)c2ccccc21. The zero-order valence-electron chi connectivity index (χ0n) is 15.8. The summed E-state index contributed by atoms with van der Waals surface area (Å²) in [4.78, 5) is 14.4. The Labute approximate surface area is 161 Å². The smallest absolute Gasteiger partial charge is 0.339 e. The number of piperidine rings is 1. The summed E-state index contributed by atoms with van der Waals surface area (Å²) < 4.78 is 5.52. The van der Waals surface area contributed by atoms with Crippen molar-refractivity contribution in [2.24, 2.45) is 0 Å². The van der Waals surface area contributed by atoms with Crippen LogP contribution in [-0.4, -0.2) is 36.5 Å². The molecule has 0 bridgehead atoms. The van der Waals surface area contributed by atoms with Gasteiger partial charge in [-0.1, -0.05) is 48.5 Å². The fourth-order valence-corrected chi connectivity index (χ4v) is 4.16. The van der Waals surface area contributed by atoms with Crippen molar-refractivity contribution < 1.29 is 9.53 Å². The number of carbonyl (C=O) groups excluding carboxylic acids is 1. The zero-order chi connectivity index (χ0) is 18.5. The van der Waals surface area contributed by atoms with Gasteiger partial charge in [-0.25, -0.2) is 4.79 Å². The number of likely N-dealkylation sites (tertiary alicyclic amines) is 1. The quantitative estimate of drug-likeness (QED) is 0.597. The summed E-state index contributed by atoms with van der Waals surface area (Å²) in [6.45, 7) is 4.35. The van der Waals surface area contributed by atoms with E-state index in [9.17, 15) is 4.79 Å². The highest BCUT2D eigenvalue weighted by Gasteiger charge is 2.29. The summed E-state index contributed by atoms with van der Waals surface area (Å²) in [5.41, 5.74) is 3.19. The summed E-state index contributed by atoms with van der Waals surface area (Å²) in [7, 11) is 0. The summed E-state index contributed by atoms with van der Waals surface area (Å²) >= 11 is 0. The molecule has 27 heavy (non-hydrogen) atoms. The predicted octanol–water partition coefficient (Wildman–Crippen LogP) is 3.93. The molecule has 0 spiro atoms. The first-order valence-corrected chi connectivity index (χ1v) is 10.1. The third-order valence-corrected chi connectivity index (χ3v) is 5.69. The van der Waals surface area contributed by atoms with Gasteiger partial charge < -0.3 is 10.1 Å². The number of nitrogens with one attached hydrogen (secondary N) is 1. The van der Waals surface area contributed by atoms with Crippen LogP contribution < -0.4 is 5.32 Å². The summed E-state index contributed by atoms with van der Waals surface area (Å²) in [6, 6.07) is 19.1. The van der Waals surface area contributed by atoms with Crippen molar-refractivity contribution in [2.75, 3.05) is 19.6 Å². The average Bonchev–Trinajstić information content (AvgIpc) is 3.03. The van der Waals surface area contributed by atoms with Gasteiger partial charge in [0.15, 0.2) is 0 Å². The number of carbonyl (C=O) groups is 1. The van der Waals surface area contributed by atoms with Crippen LogP contribution >= 0.6 is 0 Å². The number of hydrogen-bond acceptors (Lipinski definition) is 4. The van der Waals surface area contributed by atoms with Gasteiger partial charge in [-0.2, -0.15) is 0 Å². The van der Waals surface area contributed by atoms with E-state index in [0.717, 1.165) is 50.1 Å². The topological polar surface area (TPSA) is 41.6 Å². The molecule has 2 aliphatic rings. The van der Waals surface area contributed by atoms with Crippen LogP contribution in [0.3, 0.4) is 0 Å². The lowest BCUT2D eigenvalue weighted by Gasteiger charge is -2.32. The van der Waals surface area contributed by atoms with Crippen LogP contribution in [0.15, 0.2) is 54.6 Å². The molecule has 0 aromatic heterocycles. The highest BCUT2D eigenvalue weighted by atomic mass is 16.5. The lowest BCUT2D eigenvalue weighted by atomic mass is 10.0. The number of benzene rings is 2. The third kappa shape index (κ3) is 4.57. The lowest BCUT2D eigenvalue weighted by Crippen LogP contribution is -2.42. The first-order chi connectivity index (χ1) is 13.3. The third-order valence-electron chi connectivity index (χ3n) is 5.69. The molecule has 4 rings (SSSR count). The Kier molecular flexibility index (Phi) is 5.85. The van der Waals surface area contributed by atoms with Gasteiger partial charge in [-0.3, -0.25) is 4.90 Å². The van der Waals surface area contributed by atoms with E-state index in [-0.39, 0.29) is 12.1 Å². The van der Waals surface area contributed by atoms with Gasteiger partial charge in [0.05, 0.1) is 5.56 Å². The van der Waals surface area contributed by atoms with E-state index in [4.69, 9.17) is 4.74 Å². The van der Waals surface area contributed by atoms with Crippen molar-refractivity contribution in [2.45, 2.75) is 44.4 Å². The highest BCUT2D eigenvalue weighted by molar-refractivity contribution is 5.93. The van der Waals surface area contributed by atoms with Crippen molar-refractivity contribution in [1.82, 2.24) is 10.2 Å². The zero-order valence-corrected chi connectivity index (χ0v) is 15.8. The molecule has 0 amide bonds. The molecule has 1 N–H and O–H groups in total. The Hall–Kier alpha value is -2.17. The molecule has 2 aliphatic heterocycles. The number of esters is 1. The number of cyclic esters (lactones) is 1. The molecule has 0 radical (unpaired) electrons. The van der Waals surface area contributed by atoms with Crippen molar-refractivity contribution in [3.63, 3.8) is 0 Å². The van der Waals surface area contributed by atoms with Gasteiger partial charge >= 0.3 is 5.97 Å². The minimum absolute atomic E-state index is 0.0665. The van der Waals surface area contributed by atoms with Crippen LogP contribution in [0.25, 0.3) is 0 Å². The molecule has 142 valence electrons. The maximum absolute atomic E-state index is 11.9. The van der Waals surface area contributed by atoms with Crippen LogP contribution in [0.5, 0.6) is 0 Å². The summed E-state index contributed by atoms with van der Waals surface area (Å²) in [5, 5.41) is 3.70. The second-order valence-electron chi connectivity index (χ2n) is 7.61. The van der Waals surface area contributed by atoms with Crippen LogP contribution in [0.2, 0.25) is 0 Å². The number of nitrogens with zero attached hydrogens (tertiary/aromatic N) is 1. The fraction of sp³-hybridized carbons (Fsp3) is 0.435. The molecule has 4 nitrogen and oxygen atoms in total. The fourth-order valence-electron chi connectivity index (χ4n) is 4.16. The standard InChI is InChI=1S/C23H28N2O2/c26-23-21-10-5-4-9-20(21)22(27-23)11-6-14-24-19-12-15-25(16-13-19)17-18-7-2-1-3-8-18/h1-5,7-10,19,22,24H,6,11-17H2. The largest absolute Gasteiger partial charge is 0.454 e. The van der Waals surface area contributed by atoms with E-state index in [2.05, 4.69) is 40.5 Å². The molecule has 1 unspecified atom stereocenters. The van der Waals surface area contributed by atoms with E-state index in [1.54, 1.807) is 0 Å². The van der Waals surface area contributed by atoms with Gasteiger partial charge in [0, 0.05) is 18.2 Å². The van der Waals surface area contributed by atoms with E-state index < -0.39 is 0 Å². The predicted molar refractivity (Wildman–Crippen MR) is 107 cm³/mol. The van der Waals surface area contributed by atoms with Gasteiger partial charge in [-0.05, 0) is 56.9 Å². The molecule has 2 heterocycles. The van der Waals surface area contributed by atoms with Crippen molar-refractivity contribution >= 4 is 5.97 Å². The number of ether oxygens (including phenoxy) is 1. The second-order valence-corrected chi connectivity index (χ2v) is 7.61. The Bertz CT molecular complexity index is 754. The number of fused-ring (bicyclic) bond motifs is 1. The minimum atomic E-state index is -0.172. The lowest BCUT2D eigenvalue weighted by molar-refractivity contribution is 0.0364. The maximum Gasteiger partial charge on any atom is 0.339 e. The van der Waals surface area contributed by atoms with Crippen LogP contribution in [0.1, 0.15) is 53.3 Å². The molecule has 1 saturated heterocycles. The Morgan fingerprint density at radius 3 is 2.56 bits per heavy atom. The molecule has 4 heteroatoms. The molecule has 0 saturated carbocycles. The molecular weight excluding hydrogens is 336 g/mol. The average molecular weight is 364 g/mol. The molecule has 1 fully saturated rings. The Morgan fingerprint density at radius 1 is 1.00 bits per heavy atom. The number of hydrogen-bond donors (Lipinski definition) is 1. The summed E-state index contributed by atoms with van der Waals surface area (Å²) in [5.74, 6) is -0.172. The van der Waals surface area contributed by atoms with Crippen molar-refractivity contribution in [1.29, 1.82) is 0 Å². The van der Waals surface area contributed by atoms with E-state index in [0.29, 0.717) is 6.04 Å². The summed E-state index contributed by atoms with van der Waals surface area (Å²) in [6.07, 6.45) is 4.25.